The van der Waals surface area contributed by atoms with Crippen LogP contribution in [0.4, 0.5) is 0 Å². The highest BCUT2D eigenvalue weighted by atomic mass is 79.9. The fourth-order valence-electron chi connectivity index (χ4n) is 2.44. The normalized spacial score (nSPS) is 11.8. The molecular weight excluding hydrogens is 503 g/mol. The third-order valence-electron chi connectivity index (χ3n) is 3.68. The fraction of sp³-hybridized carbons (Fsp3) is 0.0500. The van der Waals surface area contributed by atoms with Crippen molar-refractivity contribution < 1.29 is 9.53 Å². The Labute approximate surface area is 178 Å². The Kier molecular flexibility index (Phi) is 6.41. The molecule has 6 heteroatoms. The Hall–Kier alpha value is -1.33. The minimum atomic E-state index is -0.901. The fourth-order valence-corrected chi connectivity index (χ4v) is 3.84. The maximum absolute atomic E-state index is 12.7. The van der Waals surface area contributed by atoms with Crippen molar-refractivity contribution in [2.45, 2.75) is 5.01 Å². The molecule has 0 bridgehead atoms. The van der Waals surface area contributed by atoms with Gasteiger partial charge in [-0.15, -0.1) is 0 Å². The predicted molar refractivity (Wildman–Crippen MR) is 114 cm³/mol. The Morgan fingerprint density at radius 3 is 2.38 bits per heavy atom. The van der Waals surface area contributed by atoms with Gasteiger partial charge in [0, 0.05) is 16.1 Å². The van der Waals surface area contributed by atoms with Crippen LogP contribution in [0.2, 0.25) is 10.0 Å². The van der Waals surface area contributed by atoms with Gasteiger partial charge in [-0.05, 0) is 61.7 Å². The van der Waals surface area contributed by atoms with E-state index in [1.165, 1.54) is 6.07 Å². The van der Waals surface area contributed by atoms with Crippen LogP contribution in [-0.4, -0.2) is 10.8 Å². The van der Waals surface area contributed by atoms with E-state index in [1.807, 2.05) is 48.5 Å². The second-order valence-electron chi connectivity index (χ2n) is 5.40. The summed E-state index contributed by atoms with van der Waals surface area (Å²) in [6.45, 7) is 0. The monoisotopic (exact) mass is 512 g/mol. The molecule has 0 heterocycles. The van der Waals surface area contributed by atoms with Gasteiger partial charge in [0.05, 0.1) is 9.50 Å². The molecule has 0 saturated heterocycles. The zero-order chi connectivity index (χ0) is 18.7. The zero-order valence-corrected chi connectivity index (χ0v) is 17.9. The van der Waals surface area contributed by atoms with E-state index >= 15 is 0 Å². The molecule has 3 aromatic carbocycles. The second kappa shape index (κ2) is 8.57. The molecule has 0 amide bonds. The van der Waals surface area contributed by atoms with Gasteiger partial charge in [-0.25, -0.2) is 0 Å². The first-order valence-corrected chi connectivity index (χ1v) is 10.1. The van der Waals surface area contributed by atoms with Crippen LogP contribution in [0.15, 0.2) is 71.2 Å². The third-order valence-corrected chi connectivity index (χ3v) is 5.45. The first-order chi connectivity index (χ1) is 12.5. The van der Waals surface area contributed by atoms with Crippen LogP contribution in [-0.2, 0) is 0 Å². The maximum atomic E-state index is 12.7. The number of halogens is 4. The Morgan fingerprint density at radius 2 is 1.69 bits per heavy atom. The van der Waals surface area contributed by atoms with E-state index in [2.05, 4.69) is 31.9 Å². The average molecular weight is 515 g/mol. The van der Waals surface area contributed by atoms with E-state index in [9.17, 15) is 4.79 Å². The number of hydrogen-bond acceptors (Lipinski definition) is 2. The number of hydrogen-bond donors (Lipinski definition) is 0. The first kappa shape index (κ1) is 19.4. The molecule has 0 spiro atoms. The Balaban J connectivity index is 1.92. The largest absolute Gasteiger partial charge is 0.469 e. The van der Waals surface area contributed by atoms with Crippen molar-refractivity contribution in [1.82, 2.24) is 0 Å². The van der Waals surface area contributed by atoms with E-state index in [0.29, 0.717) is 16.3 Å². The quantitative estimate of drug-likeness (QED) is 0.262. The van der Waals surface area contributed by atoms with Gasteiger partial charge in [0.1, 0.15) is 5.75 Å². The van der Waals surface area contributed by atoms with Gasteiger partial charge in [-0.1, -0.05) is 65.7 Å². The highest BCUT2D eigenvalue weighted by molar-refractivity contribution is 9.10. The third kappa shape index (κ3) is 4.32. The SMILES string of the molecule is O=C(c1ccc(Cl)cc1Cl)C(Br)Oc1c(Br)cccc1-c1ccccc1. The molecule has 132 valence electrons. The van der Waals surface area contributed by atoms with Crippen molar-refractivity contribution in [3.05, 3.63) is 86.8 Å². The summed E-state index contributed by atoms with van der Waals surface area (Å²) in [6, 6.07) is 20.3. The summed E-state index contributed by atoms with van der Waals surface area (Å²) in [4.78, 5) is 12.7. The molecule has 0 aliphatic rings. The predicted octanol–water partition coefficient (Wildman–Crippen LogP) is 7.41. The van der Waals surface area contributed by atoms with Gasteiger partial charge in [0.15, 0.2) is 0 Å². The van der Waals surface area contributed by atoms with E-state index in [4.69, 9.17) is 27.9 Å². The van der Waals surface area contributed by atoms with Crippen molar-refractivity contribution >= 4 is 60.8 Å². The number of alkyl halides is 1. The molecule has 0 aliphatic carbocycles. The molecule has 1 atom stereocenters. The topological polar surface area (TPSA) is 26.3 Å². The number of para-hydroxylation sites is 1. The summed E-state index contributed by atoms with van der Waals surface area (Å²) in [7, 11) is 0. The van der Waals surface area contributed by atoms with Crippen molar-refractivity contribution in [1.29, 1.82) is 0 Å². The molecular formula is C20H12Br2Cl2O2. The summed E-state index contributed by atoms with van der Waals surface area (Å²) in [5, 5.41) is -0.149. The first-order valence-electron chi connectivity index (χ1n) is 7.61. The van der Waals surface area contributed by atoms with Crippen molar-refractivity contribution in [3.63, 3.8) is 0 Å². The van der Waals surface area contributed by atoms with E-state index in [-0.39, 0.29) is 10.8 Å². The van der Waals surface area contributed by atoms with E-state index < -0.39 is 5.01 Å². The van der Waals surface area contributed by atoms with Gasteiger partial charge >= 0.3 is 0 Å². The molecule has 3 aromatic rings. The molecule has 0 fully saturated rings. The molecule has 3 rings (SSSR count). The summed E-state index contributed by atoms with van der Waals surface area (Å²) >= 11 is 18.9. The van der Waals surface area contributed by atoms with Crippen LogP contribution in [0.3, 0.4) is 0 Å². The zero-order valence-electron chi connectivity index (χ0n) is 13.3. The van der Waals surface area contributed by atoms with Crippen LogP contribution >= 0.6 is 55.1 Å². The molecule has 0 N–H and O–H groups in total. The van der Waals surface area contributed by atoms with Crippen molar-refractivity contribution in [3.8, 4) is 16.9 Å². The summed E-state index contributed by atoms with van der Waals surface area (Å²) in [6.07, 6.45) is 0. The van der Waals surface area contributed by atoms with Gasteiger partial charge in [-0.2, -0.15) is 0 Å². The number of ether oxygens (including phenoxy) is 1. The minimum Gasteiger partial charge on any atom is -0.469 e. The van der Waals surface area contributed by atoms with Gasteiger partial charge in [0.25, 0.3) is 0 Å². The van der Waals surface area contributed by atoms with E-state index in [1.54, 1.807) is 12.1 Å². The lowest BCUT2D eigenvalue weighted by Crippen LogP contribution is -2.21. The summed E-state index contributed by atoms with van der Waals surface area (Å²) in [5.74, 6) is 0.278. The Morgan fingerprint density at radius 1 is 0.962 bits per heavy atom. The lowest BCUT2D eigenvalue weighted by molar-refractivity contribution is 0.0897. The molecule has 0 aliphatic heterocycles. The second-order valence-corrected chi connectivity index (χ2v) is 7.93. The van der Waals surface area contributed by atoms with Crippen LogP contribution in [0.25, 0.3) is 11.1 Å². The van der Waals surface area contributed by atoms with Crippen LogP contribution in [0.1, 0.15) is 10.4 Å². The van der Waals surface area contributed by atoms with Crippen LogP contribution in [0, 0.1) is 0 Å². The van der Waals surface area contributed by atoms with Crippen molar-refractivity contribution in [2.75, 3.05) is 0 Å². The van der Waals surface area contributed by atoms with Gasteiger partial charge < -0.3 is 4.74 Å². The number of ketones is 1. The van der Waals surface area contributed by atoms with Crippen LogP contribution in [0.5, 0.6) is 5.75 Å². The molecule has 26 heavy (non-hydrogen) atoms. The smallest absolute Gasteiger partial charge is 0.215 e. The highest BCUT2D eigenvalue weighted by Gasteiger charge is 2.23. The molecule has 0 radical (unpaired) electrons. The number of carbonyl (C=O) groups is 1. The Bertz CT molecular complexity index is 946. The standard InChI is InChI=1S/C20H12Br2Cl2O2/c21-16-8-4-7-14(12-5-2-1-3-6-12)19(16)26-20(22)18(25)15-10-9-13(23)11-17(15)24/h1-11,20H. The maximum Gasteiger partial charge on any atom is 0.215 e. The molecule has 1 unspecified atom stereocenters. The summed E-state index contributed by atoms with van der Waals surface area (Å²) in [5.41, 5.74) is 2.20. The average Bonchev–Trinajstić information content (AvgIpc) is 2.63. The van der Waals surface area contributed by atoms with E-state index in [0.717, 1.165) is 15.6 Å². The minimum absolute atomic E-state index is 0.283. The number of Topliss-reactive ketones (excluding diaryl/α,β-unsaturated/α-hetero) is 1. The number of rotatable bonds is 5. The molecule has 0 saturated carbocycles. The highest BCUT2D eigenvalue weighted by Crippen LogP contribution is 2.38. The van der Waals surface area contributed by atoms with Gasteiger partial charge in [0.2, 0.25) is 10.8 Å². The van der Waals surface area contributed by atoms with Gasteiger partial charge in [-0.3, -0.25) is 4.79 Å². The molecule has 0 aromatic heterocycles. The number of carbonyl (C=O) groups excluding carboxylic acids is 1. The van der Waals surface area contributed by atoms with Crippen molar-refractivity contribution in [2.24, 2.45) is 0 Å². The van der Waals surface area contributed by atoms with Crippen LogP contribution < -0.4 is 4.74 Å². The summed E-state index contributed by atoms with van der Waals surface area (Å²) < 4.78 is 6.71. The molecule has 2 nitrogen and oxygen atoms in total. The lowest BCUT2D eigenvalue weighted by Gasteiger charge is -2.17. The number of benzene rings is 3. The lowest BCUT2D eigenvalue weighted by atomic mass is 10.0.